The van der Waals surface area contributed by atoms with Crippen molar-refractivity contribution in [3.05, 3.63) is 65.7 Å². The van der Waals surface area contributed by atoms with Crippen LogP contribution in [0.4, 0.5) is 5.69 Å². The molecule has 1 atom stereocenters. The Bertz CT molecular complexity index is 556. The number of hydrogen-bond acceptors (Lipinski definition) is 3. The monoisotopic (exact) mass is 317 g/mol. The van der Waals surface area contributed by atoms with Gasteiger partial charge < -0.3 is 14.4 Å². The summed E-state index contributed by atoms with van der Waals surface area (Å²) in [5, 5.41) is 3.28. The van der Waals surface area contributed by atoms with Crippen LogP contribution >= 0.6 is 8.38 Å². The molecule has 0 saturated carbocycles. The molecule has 0 aliphatic carbocycles. The Labute approximate surface area is 134 Å². The van der Waals surface area contributed by atoms with Gasteiger partial charge in [-0.05, 0) is 31.0 Å². The van der Waals surface area contributed by atoms with Crippen molar-refractivity contribution in [3.8, 4) is 0 Å². The van der Waals surface area contributed by atoms with E-state index in [4.69, 9.17) is 9.05 Å². The van der Waals surface area contributed by atoms with Crippen molar-refractivity contribution in [2.45, 2.75) is 19.5 Å². The van der Waals surface area contributed by atoms with Crippen molar-refractivity contribution in [2.24, 2.45) is 0 Å². The third kappa shape index (κ3) is 4.07. The van der Waals surface area contributed by atoms with Crippen molar-refractivity contribution in [1.29, 1.82) is 0 Å². The minimum absolute atomic E-state index is 0.0970. The Morgan fingerprint density at radius 3 is 2.09 bits per heavy atom. The third-order valence-corrected chi connectivity index (χ3v) is 5.39. The van der Waals surface area contributed by atoms with E-state index >= 15 is 0 Å². The fraction of sp³-hybridized carbons (Fsp3) is 0.333. The minimum atomic E-state index is -1.04. The van der Waals surface area contributed by atoms with Gasteiger partial charge in [-0.25, -0.2) is 0 Å². The summed E-state index contributed by atoms with van der Waals surface area (Å²) in [6.45, 7) is 5.33. The van der Waals surface area contributed by atoms with Crippen LogP contribution in [0.2, 0.25) is 0 Å². The van der Waals surface area contributed by atoms with Crippen LogP contribution in [0.1, 0.15) is 30.6 Å². The van der Waals surface area contributed by atoms with Gasteiger partial charge in [-0.3, -0.25) is 0 Å². The number of anilines is 1. The molecule has 0 heterocycles. The summed E-state index contributed by atoms with van der Waals surface area (Å²) in [7, 11) is 0.910. The minimum Gasteiger partial charge on any atom is -0.388 e. The largest absolute Gasteiger partial charge is 0.388 e. The standard InChI is InChI=1S/C18H24NO2P/c1-4-20-22(21-5-2)18(15-11-7-6-8-12-15)16-13-9-10-14-17(16)19-3/h6-14,18-19H,4-5H2,1-3H3. The first kappa shape index (κ1) is 17.0. The van der Waals surface area contributed by atoms with E-state index < -0.39 is 8.38 Å². The molecule has 0 aliphatic rings. The van der Waals surface area contributed by atoms with Gasteiger partial charge in [-0.15, -0.1) is 0 Å². The highest BCUT2D eigenvalue weighted by atomic mass is 31.2. The molecule has 2 aromatic carbocycles. The van der Waals surface area contributed by atoms with Crippen LogP contribution in [0.3, 0.4) is 0 Å². The first-order valence-electron chi connectivity index (χ1n) is 7.68. The van der Waals surface area contributed by atoms with Crippen molar-refractivity contribution in [2.75, 3.05) is 25.6 Å². The first-order valence-corrected chi connectivity index (χ1v) is 8.93. The van der Waals surface area contributed by atoms with Crippen molar-refractivity contribution in [1.82, 2.24) is 0 Å². The number of benzene rings is 2. The number of para-hydroxylation sites is 1. The maximum Gasteiger partial charge on any atom is 0.183 e. The van der Waals surface area contributed by atoms with Crippen molar-refractivity contribution < 1.29 is 9.05 Å². The third-order valence-electron chi connectivity index (χ3n) is 3.36. The normalized spacial score (nSPS) is 12.4. The Morgan fingerprint density at radius 1 is 0.909 bits per heavy atom. The predicted molar refractivity (Wildman–Crippen MR) is 94.4 cm³/mol. The lowest BCUT2D eigenvalue weighted by atomic mass is 10.0. The highest BCUT2D eigenvalue weighted by molar-refractivity contribution is 7.48. The fourth-order valence-electron chi connectivity index (χ4n) is 2.45. The molecule has 0 aliphatic heterocycles. The Morgan fingerprint density at radius 2 is 1.50 bits per heavy atom. The highest BCUT2D eigenvalue weighted by Gasteiger charge is 2.28. The van der Waals surface area contributed by atoms with Gasteiger partial charge in [-0.1, -0.05) is 48.5 Å². The Hall–Kier alpha value is -1.41. The number of rotatable bonds is 8. The average Bonchev–Trinajstić information content (AvgIpc) is 2.57. The maximum absolute atomic E-state index is 5.97. The molecular formula is C18H24NO2P. The van der Waals surface area contributed by atoms with Crippen molar-refractivity contribution in [3.63, 3.8) is 0 Å². The molecule has 0 amide bonds. The molecule has 0 fully saturated rings. The molecule has 0 saturated heterocycles. The Kier molecular flexibility index (Phi) is 6.85. The van der Waals surface area contributed by atoms with E-state index in [0.29, 0.717) is 13.2 Å². The van der Waals surface area contributed by atoms with E-state index in [2.05, 4.69) is 47.8 Å². The zero-order chi connectivity index (χ0) is 15.8. The van der Waals surface area contributed by atoms with Crippen LogP contribution in [-0.4, -0.2) is 20.3 Å². The highest BCUT2D eigenvalue weighted by Crippen LogP contribution is 2.57. The van der Waals surface area contributed by atoms with Gasteiger partial charge in [0.15, 0.2) is 8.38 Å². The molecule has 4 heteroatoms. The molecule has 2 aromatic rings. The van der Waals surface area contributed by atoms with Crippen LogP contribution in [0.15, 0.2) is 54.6 Å². The van der Waals surface area contributed by atoms with Gasteiger partial charge in [0, 0.05) is 12.7 Å². The molecule has 0 spiro atoms. The van der Waals surface area contributed by atoms with E-state index in [-0.39, 0.29) is 5.66 Å². The summed E-state index contributed by atoms with van der Waals surface area (Å²) >= 11 is 0. The van der Waals surface area contributed by atoms with E-state index in [1.165, 1.54) is 11.1 Å². The molecule has 1 N–H and O–H groups in total. The van der Waals surface area contributed by atoms with Gasteiger partial charge in [0.1, 0.15) is 0 Å². The van der Waals surface area contributed by atoms with E-state index in [9.17, 15) is 0 Å². The smallest absolute Gasteiger partial charge is 0.183 e. The summed E-state index contributed by atoms with van der Waals surface area (Å²) in [5.74, 6) is 0. The summed E-state index contributed by atoms with van der Waals surface area (Å²) in [6.07, 6.45) is 0. The summed E-state index contributed by atoms with van der Waals surface area (Å²) < 4.78 is 11.9. The second-order valence-electron chi connectivity index (χ2n) is 4.77. The SMILES string of the molecule is CCOP(OCC)C(c1ccccc1)c1ccccc1NC. The summed E-state index contributed by atoms with van der Waals surface area (Å²) in [6, 6.07) is 18.8. The summed E-state index contributed by atoms with van der Waals surface area (Å²) in [5.41, 5.74) is 3.64. The molecule has 0 bridgehead atoms. The Balaban J connectivity index is 2.49. The second-order valence-corrected chi connectivity index (χ2v) is 6.37. The molecular weight excluding hydrogens is 293 g/mol. The van der Waals surface area contributed by atoms with E-state index in [0.717, 1.165) is 5.69 Å². The van der Waals surface area contributed by atoms with Gasteiger partial charge in [0.2, 0.25) is 0 Å². The lowest BCUT2D eigenvalue weighted by Gasteiger charge is -2.28. The van der Waals surface area contributed by atoms with Crippen LogP contribution in [0.5, 0.6) is 0 Å². The van der Waals surface area contributed by atoms with E-state index in [1.54, 1.807) is 0 Å². The van der Waals surface area contributed by atoms with Crippen LogP contribution in [0.25, 0.3) is 0 Å². The molecule has 22 heavy (non-hydrogen) atoms. The quantitative estimate of drug-likeness (QED) is 0.679. The van der Waals surface area contributed by atoms with Gasteiger partial charge in [-0.2, -0.15) is 0 Å². The van der Waals surface area contributed by atoms with Crippen molar-refractivity contribution >= 4 is 14.1 Å². The van der Waals surface area contributed by atoms with Gasteiger partial charge in [0.05, 0.1) is 18.9 Å². The predicted octanol–water partition coefficient (Wildman–Crippen LogP) is 5.20. The van der Waals surface area contributed by atoms with Gasteiger partial charge >= 0.3 is 0 Å². The van der Waals surface area contributed by atoms with E-state index in [1.807, 2.05) is 33.0 Å². The molecule has 3 nitrogen and oxygen atoms in total. The average molecular weight is 317 g/mol. The number of nitrogens with one attached hydrogen (secondary N) is 1. The lowest BCUT2D eigenvalue weighted by molar-refractivity contribution is 0.265. The fourth-order valence-corrected chi connectivity index (χ4v) is 4.20. The van der Waals surface area contributed by atoms with Crippen LogP contribution in [0, 0.1) is 0 Å². The molecule has 0 radical (unpaired) electrons. The molecule has 1 unspecified atom stereocenters. The molecule has 118 valence electrons. The second kappa shape index (κ2) is 8.89. The summed E-state index contributed by atoms with van der Waals surface area (Å²) in [4.78, 5) is 0. The van der Waals surface area contributed by atoms with Crippen LogP contribution < -0.4 is 5.32 Å². The lowest BCUT2D eigenvalue weighted by Crippen LogP contribution is -2.07. The maximum atomic E-state index is 5.97. The topological polar surface area (TPSA) is 30.5 Å². The van der Waals surface area contributed by atoms with Crippen LogP contribution in [-0.2, 0) is 9.05 Å². The first-order chi connectivity index (χ1) is 10.8. The number of hydrogen-bond donors (Lipinski definition) is 1. The zero-order valence-corrected chi connectivity index (χ0v) is 14.3. The van der Waals surface area contributed by atoms with Gasteiger partial charge in [0.25, 0.3) is 0 Å². The molecule has 2 rings (SSSR count). The molecule has 0 aromatic heterocycles. The zero-order valence-electron chi connectivity index (χ0n) is 13.5.